The van der Waals surface area contributed by atoms with Crippen LogP contribution in [0.3, 0.4) is 0 Å². The minimum absolute atomic E-state index is 0.269. The Bertz CT molecular complexity index is 420. The first-order valence-electron chi connectivity index (χ1n) is 5.35. The molecule has 1 aromatic rings. The second-order valence-corrected chi connectivity index (χ2v) is 4.18. The Morgan fingerprint density at radius 1 is 1.50 bits per heavy atom. The minimum atomic E-state index is -0.717. The Morgan fingerprint density at radius 2 is 2.25 bits per heavy atom. The minimum Gasteiger partial charge on any atom is -0.481 e. The number of anilines is 1. The molecule has 2 rings (SSSR count). The highest BCUT2D eigenvalue weighted by molar-refractivity contribution is 5.72. The smallest absolute Gasteiger partial charge is 0.308 e. The molecule has 1 saturated heterocycles. The van der Waals surface area contributed by atoms with E-state index in [9.17, 15) is 4.79 Å². The molecule has 0 saturated carbocycles. The molecular weight excluding hydrogens is 206 g/mol. The van der Waals surface area contributed by atoms with Crippen LogP contribution in [0.4, 0.5) is 5.82 Å². The molecule has 1 aromatic heterocycles. The molecule has 0 radical (unpaired) electrons. The lowest BCUT2D eigenvalue weighted by atomic mass is 10.1. The highest BCUT2D eigenvalue weighted by atomic mass is 16.4. The van der Waals surface area contributed by atoms with Crippen molar-refractivity contribution in [2.75, 3.05) is 18.0 Å². The van der Waals surface area contributed by atoms with Crippen LogP contribution in [0, 0.1) is 19.8 Å². The molecule has 0 spiro atoms. The summed E-state index contributed by atoms with van der Waals surface area (Å²) in [5.41, 5.74) is 1.98. The van der Waals surface area contributed by atoms with Crippen LogP contribution < -0.4 is 4.90 Å². The van der Waals surface area contributed by atoms with Crippen molar-refractivity contribution in [3.63, 3.8) is 0 Å². The van der Waals surface area contributed by atoms with Gasteiger partial charge in [-0.05, 0) is 20.3 Å². The highest BCUT2D eigenvalue weighted by Crippen LogP contribution is 2.25. The van der Waals surface area contributed by atoms with Gasteiger partial charge < -0.3 is 10.0 Å². The first-order valence-corrected chi connectivity index (χ1v) is 5.35. The summed E-state index contributed by atoms with van der Waals surface area (Å²) >= 11 is 0. The van der Waals surface area contributed by atoms with Crippen molar-refractivity contribution >= 4 is 11.8 Å². The molecule has 5 heteroatoms. The molecule has 16 heavy (non-hydrogen) atoms. The summed E-state index contributed by atoms with van der Waals surface area (Å²) in [5.74, 6) is -0.114. The number of rotatable bonds is 2. The largest absolute Gasteiger partial charge is 0.481 e. The maximum absolute atomic E-state index is 10.9. The molecule has 0 aliphatic carbocycles. The third-order valence-electron chi connectivity index (χ3n) is 3.15. The van der Waals surface area contributed by atoms with Crippen molar-refractivity contribution in [1.29, 1.82) is 0 Å². The molecule has 1 atom stereocenters. The van der Waals surface area contributed by atoms with Gasteiger partial charge in [-0.25, -0.2) is 9.97 Å². The van der Waals surface area contributed by atoms with Crippen LogP contribution in [-0.4, -0.2) is 34.1 Å². The Morgan fingerprint density at radius 3 is 2.88 bits per heavy atom. The fourth-order valence-electron chi connectivity index (χ4n) is 2.00. The van der Waals surface area contributed by atoms with E-state index in [0.717, 1.165) is 23.6 Å². The number of aliphatic carboxylic acids is 1. The predicted molar refractivity (Wildman–Crippen MR) is 59.5 cm³/mol. The molecule has 1 aliphatic rings. The number of nitrogens with zero attached hydrogens (tertiary/aromatic N) is 3. The Balaban J connectivity index is 2.21. The first-order chi connectivity index (χ1) is 7.59. The van der Waals surface area contributed by atoms with Crippen LogP contribution in [0.25, 0.3) is 0 Å². The molecule has 1 fully saturated rings. The van der Waals surface area contributed by atoms with Crippen molar-refractivity contribution in [2.24, 2.45) is 5.92 Å². The SMILES string of the molecule is Cc1ncnc(N2CCC(C(=O)O)C2)c1C. The molecule has 1 N–H and O–H groups in total. The number of hydrogen-bond donors (Lipinski definition) is 1. The lowest BCUT2D eigenvalue weighted by Gasteiger charge is -2.19. The van der Waals surface area contributed by atoms with E-state index in [2.05, 4.69) is 9.97 Å². The van der Waals surface area contributed by atoms with Crippen molar-refractivity contribution in [1.82, 2.24) is 9.97 Å². The van der Waals surface area contributed by atoms with Crippen LogP contribution in [0.5, 0.6) is 0 Å². The third-order valence-corrected chi connectivity index (χ3v) is 3.15. The van der Waals surface area contributed by atoms with Crippen molar-refractivity contribution in [3.8, 4) is 0 Å². The summed E-state index contributed by atoms with van der Waals surface area (Å²) in [6, 6.07) is 0. The van der Waals surface area contributed by atoms with E-state index < -0.39 is 5.97 Å². The van der Waals surface area contributed by atoms with Crippen LogP contribution in [0.1, 0.15) is 17.7 Å². The van der Waals surface area contributed by atoms with Gasteiger partial charge in [0, 0.05) is 24.3 Å². The van der Waals surface area contributed by atoms with Gasteiger partial charge in [-0.2, -0.15) is 0 Å². The van der Waals surface area contributed by atoms with E-state index in [1.165, 1.54) is 6.33 Å². The average molecular weight is 221 g/mol. The zero-order valence-corrected chi connectivity index (χ0v) is 9.47. The molecule has 5 nitrogen and oxygen atoms in total. The molecule has 1 unspecified atom stereocenters. The second-order valence-electron chi connectivity index (χ2n) is 4.18. The van der Waals surface area contributed by atoms with Crippen molar-refractivity contribution in [3.05, 3.63) is 17.6 Å². The average Bonchev–Trinajstić information content (AvgIpc) is 2.71. The van der Waals surface area contributed by atoms with E-state index >= 15 is 0 Å². The van der Waals surface area contributed by atoms with Gasteiger partial charge in [0.2, 0.25) is 0 Å². The van der Waals surface area contributed by atoms with Gasteiger partial charge in [-0.3, -0.25) is 4.79 Å². The van der Waals surface area contributed by atoms with Gasteiger partial charge in [0.05, 0.1) is 5.92 Å². The topological polar surface area (TPSA) is 66.3 Å². The summed E-state index contributed by atoms with van der Waals surface area (Å²) in [4.78, 5) is 21.2. The molecular formula is C11H15N3O2. The van der Waals surface area contributed by atoms with Crippen LogP contribution >= 0.6 is 0 Å². The molecule has 1 aliphatic heterocycles. The number of carboxylic acids is 1. The molecule has 0 bridgehead atoms. The van der Waals surface area contributed by atoms with E-state index in [-0.39, 0.29) is 5.92 Å². The van der Waals surface area contributed by atoms with Crippen LogP contribution in [-0.2, 0) is 4.79 Å². The zero-order valence-electron chi connectivity index (χ0n) is 9.47. The molecule has 0 amide bonds. The van der Waals surface area contributed by atoms with E-state index in [0.29, 0.717) is 13.0 Å². The number of aryl methyl sites for hydroxylation is 1. The van der Waals surface area contributed by atoms with Gasteiger partial charge >= 0.3 is 5.97 Å². The van der Waals surface area contributed by atoms with Gasteiger partial charge in [0.25, 0.3) is 0 Å². The van der Waals surface area contributed by atoms with Crippen LogP contribution in [0.2, 0.25) is 0 Å². The quantitative estimate of drug-likeness (QED) is 0.807. The highest BCUT2D eigenvalue weighted by Gasteiger charge is 2.29. The fraction of sp³-hybridized carbons (Fsp3) is 0.545. The Hall–Kier alpha value is -1.65. The van der Waals surface area contributed by atoms with E-state index in [1.54, 1.807) is 0 Å². The van der Waals surface area contributed by atoms with Crippen LogP contribution in [0.15, 0.2) is 6.33 Å². The maximum atomic E-state index is 10.9. The first kappa shape index (κ1) is 10.9. The number of hydrogen-bond acceptors (Lipinski definition) is 4. The lowest BCUT2D eigenvalue weighted by Crippen LogP contribution is -2.24. The summed E-state index contributed by atoms with van der Waals surface area (Å²) in [6.07, 6.45) is 2.23. The summed E-state index contributed by atoms with van der Waals surface area (Å²) in [6.45, 7) is 5.21. The second kappa shape index (κ2) is 4.08. The fourth-order valence-corrected chi connectivity index (χ4v) is 2.00. The van der Waals surface area contributed by atoms with Gasteiger partial charge in [0.15, 0.2) is 0 Å². The Kier molecular flexibility index (Phi) is 2.77. The van der Waals surface area contributed by atoms with E-state index in [1.807, 2.05) is 18.7 Å². The molecule has 86 valence electrons. The Labute approximate surface area is 94.1 Å². The standard InChI is InChI=1S/C11H15N3O2/c1-7-8(2)12-6-13-10(7)14-4-3-9(5-14)11(15)16/h6,9H,3-5H2,1-2H3,(H,15,16). The summed E-state index contributed by atoms with van der Waals surface area (Å²) in [5, 5.41) is 8.94. The number of carboxylic acid groups (broad SMARTS) is 1. The van der Waals surface area contributed by atoms with Crippen molar-refractivity contribution in [2.45, 2.75) is 20.3 Å². The van der Waals surface area contributed by atoms with Crippen molar-refractivity contribution < 1.29 is 9.90 Å². The summed E-state index contributed by atoms with van der Waals surface area (Å²) in [7, 11) is 0. The number of aromatic nitrogens is 2. The summed E-state index contributed by atoms with van der Waals surface area (Å²) < 4.78 is 0. The third kappa shape index (κ3) is 1.85. The van der Waals surface area contributed by atoms with Gasteiger partial charge in [-0.1, -0.05) is 0 Å². The zero-order chi connectivity index (χ0) is 11.7. The normalized spacial score (nSPS) is 20.1. The molecule has 0 aromatic carbocycles. The number of carbonyl (C=O) groups is 1. The monoisotopic (exact) mass is 221 g/mol. The van der Waals surface area contributed by atoms with Gasteiger partial charge in [0.1, 0.15) is 12.1 Å². The molecule has 2 heterocycles. The van der Waals surface area contributed by atoms with Gasteiger partial charge in [-0.15, -0.1) is 0 Å². The maximum Gasteiger partial charge on any atom is 0.308 e. The lowest BCUT2D eigenvalue weighted by molar-refractivity contribution is -0.140. The van der Waals surface area contributed by atoms with E-state index in [4.69, 9.17) is 5.11 Å². The predicted octanol–water partition coefficient (Wildman–Crippen LogP) is 1.00.